The van der Waals surface area contributed by atoms with Crippen molar-refractivity contribution in [1.82, 2.24) is 5.32 Å². The van der Waals surface area contributed by atoms with Gasteiger partial charge in [-0.1, -0.05) is 0 Å². The number of alkyl halides is 1. The molecule has 0 aliphatic carbocycles. The molecule has 0 saturated heterocycles. The van der Waals surface area contributed by atoms with Crippen LogP contribution in [-0.4, -0.2) is 39.4 Å². The van der Waals surface area contributed by atoms with Crippen LogP contribution in [0.25, 0.3) is 0 Å². The fourth-order valence-corrected chi connectivity index (χ4v) is 1.45. The molecule has 0 aliphatic heterocycles. The van der Waals surface area contributed by atoms with Gasteiger partial charge in [-0.2, -0.15) is 0 Å². The maximum absolute atomic E-state index is 10.6. The fourth-order valence-electron chi connectivity index (χ4n) is 0.651. The highest BCUT2D eigenvalue weighted by atomic mass is 35.5. The lowest BCUT2D eigenvalue weighted by Gasteiger charge is -2.00. The van der Waals surface area contributed by atoms with E-state index in [1.165, 1.54) is 6.26 Å². The molecule has 0 aromatic rings. The van der Waals surface area contributed by atoms with Crippen molar-refractivity contribution in [1.29, 1.82) is 0 Å². The Morgan fingerprint density at radius 1 is 1.36 bits per heavy atom. The summed E-state index contributed by atoms with van der Waals surface area (Å²) in [6.45, 7) is 1.46. The number of sulfone groups is 1. The summed E-state index contributed by atoms with van der Waals surface area (Å²) in [4.78, 5) is 0. The first-order valence-electron chi connectivity index (χ1n) is 3.50. The number of hydrogen-bond acceptors (Lipinski definition) is 3. The molecular weight excluding hydrogens is 186 g/mol. The molecule has 0 heterocycles. The van der Waals surface area contributed by atoms with Gasteiger partial charge in [0.1, 0.15) is 9.84 Å². The summed E-state index contributed by atoms with van der Waals surface area (Å²) >= 11 is 5.39. The number of rotatable bonds is 6. The van der Waals surface area contributed by atoms with E-state index in [2.05, 4.69) is 5.32 Å². The van der Waals surface area contributed by atoms with Gasteiger partial charge in [-0.25, -0.2) is 8.42 Å². The smallest absolute Gasteiger partial charge is 0.147 e. The van der Waals surface area contributed by atoms with Crippen LogP contribution in [0.15, 0.2) is 0 Å². The van der Waals surface area contributed by atoms with E-state index < -0.39 is 9.84 Å². The van der Waals surface area contributed by atoms with Crippen LogP contribution in [0.1, 0.15) is 6.42 Å². The highest BCUT2D eigenvalue weighted by molar-refractivity contribution is 7.90. The van der Waals surface area contributed by atoms with E-state index >= 15 is 0 Å². The van der Waals surface area contributed by atoms with E-state index in [-0.39, 0.29) is 5.75 Å². The summed E-state index contributed by atoms with van der Waals surface area (Å²) in [7, 11) is -2.78. The first-order valence-corrected chi connectivity index (χ1v) is 6.10. The molecule has 0 aromatic carbocycles. The van der Waals surface area contributed by atoms with Gasteiger partial charge in [-0.15, -0.1) is 11.6 Å². The van der Waals surface area contributed by atoms with Gasteiger partial charge in [0.05, 0.1) is 5.75 Å². The molecule has 68 valence electrons. The maximum atomic E-state index is 10.6. The molecule has 0 fully saturated rings. The van der Waals surface area contributed by atoms with Crippen molar-refractivity contribution < 1.29 is 8.42 Å². The van der Waals surface area contributed by atoms with Crippen molar-refractivity contribution in [3.8, 4) is 0 Å². The van der Waals surface area contributed by atoms with Crippen LogP contribution < -0.4 is 5.32 Å². The minimum absolute atomic E-state index is 0.252. The van der Waals surface area contributed by atoms with Crippen molar-refractivity contribution in [2.24, 2.45) is 0 Å². The molecule has 1 N–H and O–H groups in total. The molecule has 0 bridgehead atoms. The second-order valence-electron chi connectivity index (χ2n) is 2.42. The van der Waals surface area contributed by atoms with Gasteiger partial charge >= 0.3 is 0 Å². The zero-order chi connectivity index (χ0) is 8.74. The Labute approximate surface area is 73.0 Å². The van der Waals surface area contributed by atoms with Crippen LogP contribution in [0.5, 0.6) is 0 Å². The Hall–Kier alpha value is 0.200. The monoisotopic (exact) mass is 199 g/mol. The Morgan fingerprint density at radius 2 is 2.00 bits per heavy atom. The summed E-state index contributed by atoms with van der Waals surface area (Å²) in [6, 6.07) is 0. The van der Waals surface area contributed by atoms with Gasteiger partial charge in [0.2, 0.25) is 0 Å². The molecule has 0 saturated carbocycles. The molecule has 0 aliphatic rings. The quantitative estimate of drug-likeness (QED) is 0.493. The maximum Gasteiger partial charge on any atom is 0.147 e. The Bertz CT molecular complexity index is 179. The molecule has 0 spiro atoms. The topological polar surface area (TPSA) is 46.2 Å². The van der Waals surface area contributed by atoms with Crippen molar-refractivity contribution >= 4 is 21.4 Å². The van der Waals surface area contributed by atoms with Crippen LogP contribution >= 0.6 is 11.6 Å². The molecule has 11 heavy (non-hydrogen) atoms. The SMILES string of the molecule is CS(=O)(=O)CCCNCCCl. The predicted octanol–water partition coefficient (Wildman–Crippen LogP) is 0.250. The molecule has 0 unspecified atom stereocenters. The lowest BCUT2D eigenvalue weighted by Crippen LogP contribution is -2.20. The minimum Gasteiger partial charge on any atom is -0.316 e. The van der Waals surface area contributed by atoms with Crippen LogP contribution in [0.2, 0.25) is 0 Å². The molecule has 0 aromatic heterocycles. The van der Waals surface area contributed by atoms with Crippen molar-refractivity contribution in [3.63, 3.8) is 0 Å². The highest BCUT2D eigenvalue weighted by Crippen LogP contribution is 1.86. The molecule has 0 rings (SSSR count). The summed E-state index contributed by atoms with van der Waals surface area (Å²) in [5.74, 6) is 0.821. The van der Waals surface area contributed by atoms with Crippen molar-refractivity contribution in [2.75, 3.05) is 31.0 Å². The third-order valence-electron chi connectivity index (χ3n) is 1.14. The normalized spacial score (nSPS) is 11.8. The molecule has 0 atom stereocenters. The van der Waals surface area contributed by atoms with E-state index in [9.17, 15) is 8.42 Å². The predicted molar refractivity (Wildman–Crippen MR) is 47.9 cm³/mol. The first kappa shape index (κ1) is 11.2. The first-order chi connectivity index (χ1) is 5.06. The van der Waals surface area contributed by atoms with Gasteiger partial charge in [0.25, 0.3) is 0 Å². The second-order valence-corrected chi connectivity index (χ2v) is 5.06. The standard InChI is InChI=1S/C6H14ClNO2S/c1-11(9,10)6-2-4-8-5-3-7/h8H,2-6H2,1H3. The second kappa shape index (κ2) is 5.80. The number of nitrogens with one attached hydrogen (secondary N) is 1. The van der Waals surface area contributed by atoms with Crippen molar-refractivity contribution in [2.45, 2.75) is 6.42 Å². The molecule has 0 radical (unpaired) electrons. The molecular formula is C6H14ClNO2S. The van der Waals surface area contributed by atoms with E-state index in [0.717, 1.165) is 13.1 Å². The van der Waals surface area contributed by atoms with E-state index in [4.69, 9.17) is 11.6 Å². The van der Waals surface area contributed by atoms with Gasteiger partial charge in [0, 0.05) is 18.7 Å². The van der Waals surface area contributed by atoms with Crippen LogP contribution in [-0.2, 0) is 9.84 Å². The average Bonchev–Trinajstić information content (AvgIpc) is 1.85. The minimum atomic E-state index is -2.78. The lowest BCUT2D eigenvalue weighted by molar-refractivity contribution is 0.596. The van der Waals surface area contributed by atoms with Crippen LogP contribution in [0.4, 0.5) is 0 Å². The summed E-state index contributed by atoms with van der Waals surface area (Å²) in [6.07, 6.45) is 1.91. The summed E-state index contributed by atoms with van der Waals surface area (Å²) in [5.41, 5.74) is 0. The zero-order valence-corrected chi connectivity index (χ0v) is 8.21. The third kappa shape index (κ3) is 10.2. The Morgan fingerprint density at radius 3 is 2.45 bits per heavy atom. The van der Waals surface area contributed by atoms with Gasteiger partial charge in [-0.05, 0) is 13.0 Å². The van der Waals surface area contributed by atoms with Crippen molar-refractivity contribution in [3.05, 3.63) is 0 Å². The van der Waals surface area contributed by atoms with E-state index in [0.29, 0.717) is 12.3 Å². The van der Waals surface area contributed by atoms with Gasteiger partial charge < -0.3 is 5.32 Å². The van der Waals surface area contributed by atoms with E-state index in [1.54, 1.807) is 0 Å². The third-order valence-corrected chi connectivity index (χ3v) is 2.36. The van der Waals surface area contributed by atoms with Gasteiger partial charge in [0.15, 0.2) is 0 Å². The average molecular weight is 200 g/mol. The zero-order valence-electron chi connectivity index (χ0n) is 6.64. The summed E-state index contributed by atoms with van der Waals surface area (Å²) < 4.78 is 21.2. The molecule has 0 amide bonds. The van der Waals surface area contributed by atoms with Gasteiger partial charge in [-0.3, -0.25) is 0 Å². The summed E-state index contributed by atoms with van der Waals surface area (Å²) in [5, 5.41) is 3.01. The lowest BCUT2D eigenvalue weighted by atomic mass is 10.5. The van der Waals surface area contributed by atoms with E-state index in [1.807, 2.05) is 0 Å². The number of hydrogen-bond donors (Lipinski definition) is 1. The number of halogens is 1. The van der Waals surface area contributed by atoms with Crippen LogP contribution in [0, 0.1) is 0 Å². The highest BCUT2D eigenvalue weighted by Gasteiger charge is 1.99. The Balaban J connectivity index is 3.16. The largest absolute Gasteiger partial charge is 0.316 e. The Kier molecular flexibility index (Phi) is 5.91. The molecule has 3 nitrogen and oxygen atoms in total. The molecule has 5 heteroatoms. The fraction of sp³-hybridized carbons (Fsp3) is 1.00. The van der Waals surface area contributed by atoms with Crippen LogP contribution in [0.3, 0.4) is 0 Å².